The number of ether oxygens (including phenoxy) is 3. The third-order valence-corrected chi connectivity index (χ3v) is 4.85. The zero-order valence-corrected chi connectivity index (χ0v) is 17.6. The summed E-state index contributed by atoms with van der Waals surface area (Å²) in [6, 6.07) is 33.2. The Morgan fingerprint density at radius 3 is 1.28 bits per heavy atom. The van der Waals surface area contributed by atoms with Crippen molar-refractivity contribution < 1.29 is 14.2 Å². The van der Waals surface area contributed by atoms with Crippen LogP contribution in [0.2, 0.25) is 0 Å². The molecule has 0 saturated heterocycles. The molecule has 32 heavy (non-hydrogen) atoms. The van der Waals surface area contributed by atoms with Gasteiger partial charge in [0.15, 0.2) is 17.2 Å². The summed E-state index contributed by atoms with van der Waals surface area (Å²) in [5.74, 6) is 1.47. The Balaban J connectivity index is 1.58. The van der Waals surface area contributed by atoms with Gasteiger partial charge < -0.3 is 14.2 Å². The Bertz CT molecular complexity index is 1070. The van der Waals surface area contributed by atoms with Gasteiger partial charge in [0, 0.05) is 12.1 Å². The van der Waals surface area contributed by atoms with E-state index in [-0.39, 0.29) is 0 Å². The predicted molar refractivity (Wildman–Crippen MR) is 124 cm³/mol. The van der Waals surface area contributed by atoms with Gasteiger partial charge in [-0.05, 0) is 16.7 Å². The van der Waals surface area contributed by atoms with Crippen molar-refractivity contribution in [2.24, 2.45) is 5.11 Å². The second kappa shape index (κ2) is 10.8. The average Bonchev–Trinajstić information content (AvgIpc) is 2.86. The molecule has 0 unspecified atom stereocenters. The number of hydrogen-bond acceptors (Lipinski definition) is 5. The van der Waals surface area contributed by atoms with Crippen LogP contribution in [0.3, 0.4) is 0 Å². The molecule has 4 aromatic carbocycles. The van der Waals surface area contributed by atoms with Crippen molar-refractivity contribution in [3.8, 4) is 17.2 Å². The van der Waals surface area contributed by atoms with E-state index in [0.29, 0.717) is 42.8 Å². The van der Waals surface area contributed by atoms with E-state index >= 15 is 0 Å². The minimum atomic E-state index is 0.337. The molecule has 0 aliphatic carbocycles. The number of nitrogens with zero attached hydrogens (tertiary/aromatic N) is 1. The van der Waals surface area contributed by atoms with Crippen molar-refractivity contribution in [2.45, 2.75) is 19.8 Å². The Morgan fingerprint density at radius 1 is 0.531 bits per heavy atom. The molecule has 0 bridgehead atoms. The van der Waals surface area contributed by atoms with Crippen LogP contribution in [0.15, 0.2) is 108 Å². The average molecular weight is 425 g/mol. The van der Waals surface area contributed by atoms with Crippen LogP contribution in [0.4, 0.5) is 5.69 Å². The van der Waals surface area contributed by atoms with E-state index in [9.17, 15) is 0 Å². The number of nitrogens with one attached hydrogen (secondary N) is 1. The summed E-state index contributed by atoms with van der Waals surface area (Å²) in [7, 11) is 0. The molecule has 0 saturated carbocycles. The monoisotopic (exact) mass is 424 g/mol. The van der Waals surface area contributed by atoms with Crippen molar-refractivity contribution in [2.75, 3.05) is 0 Å². The smallest absolute Gasteiger partial charge is 0.169 e. The lowest BCUT2D eigenvalue weighted by molar-refractivity contribution is 0.276. The standard InChI is InChI=1S/C27H24N2O3/c28-29-27-25(31-19-22-12-6-2-7-13-22)16-24(30-18-21-10-4-1-5-11-21)17-26(27)32-20-23-14-8-3-9-15-23/h1-17,28H,18-20H2. The topological polar surface area (TPSA) is 63.9 Å². The first-order valence-electron chi connectivity index (χ1n) is 10.4. The third kappa shape index (κ3) is 5.73. The largest absolute Gasteiger partial charge is 0.489 e. The summed E-state index contributed by atoms with van der Waals surface area (Å²) in [5, 5.41) is 3.70. The zero-order chi connectivity index (χ0) is 22.0. The second-order valence-corrected chi connectivity index (χ2v) is 7.20. The van der Waals surface area contributed by atoms with Crippen LogP contribution in [0.1, 0.15) is 16.7 Å². The first kappa shape index (κ1) is 21.1. The van der Waals surface area contributed by atoms with Gasteiger partial charge in [-0.25, -0.2) is 5.53 Å². The van der Waals surface area contributed by atoms with Gasteiger partial charge in [0.25, 0.3) is 0 Å². The first-order valence-corrected chi connectivity index (χ1v) is 10.4. The van der Waals surface area contributed by atoms with Crippen molar-refractivity contribution >= 4 is 5.69 Å². The molecule has 0 spiro atoms. The predicted octanol–water partition coefficient (Wildman–Crippen LogP) is 7.09. The van der Waals surface area contributed by atoms with Crippen LogP contribution in [-0.2, 0) is 19.8 Å². The highest BCUT2D eigenvalue weighted by molar-refractivity contribution is 5.64. The fourth-order valence-electron chi connectivity index (χ4n) is 3.18. The lowest BCUT2D eigenvalue weighted by Crippen LogP contribution is -2.01. The summed E-state index contributed by atoms with van der Waals surface area (Å²) in [4.78, 5) is 0. The Kier molecular flexibility index (Phi) is 7.11. The minimum absolute atomic E-state index is 0.337. The molecule has 0 atom stereocenters. The van der Waals surface area contributed by atoms with E-state index in [1.54, 1.807) is 12.1 Å². The molecule has 5 heteroatoms. The van der Waals surface area contributed by atoms with Crippen molar-refractivity contribution in [1.82, 2.24) is 0 Å². The Hall–Kier alpha value is -4.12. The molecule has 0 aromatic heterocycles. The maximum absolute atomic E-state index is 7.72. The van der Waals surface area contributed by atoms with Gasteiger partial charge in [0.05, 0.1) is 0 Å². The van der Waals surface area contributed by atoms with Crippen LogP contribution in [0.25, 0.3) is 0 Å². The molecule has 160 valence electrons. The van der Waals surface area contributed by atoms with Crippen LogP contribution >= 0.6 is 0 Å². The highest BCUT2D eigenvalue weighted by Crippen LogP contribution is 2.42. The summed E-state index contributed by atoms with van der Waals surface area (Å²) in [6.45, 7) is 1.11. The van der Waals surface area contributed by atoms with E-state index in [2.05, 4.69) is 5.11 Å². The van der Waals surface area contributed by atoms with Crippen molar-refractivity contribution in [3.63, 3.8) is 0 Å². The maximum atomic E-state index is 7.72. The SMILES string of the molecule is N=Nc1c(OCc2ccccc2)cc(OCc2ccccc2)cc1OCc1ccccc1. The number of hydrogen-bond donors (Lipinski definition) is 1. The molecule has 0 aliphatic rings. The van der Waals surface area contributed by atoms with Gasteiger partial charge in [-0.1, -0.05) is 91.0 Å². The van der Waals surface area contributed by atoms with Gasteiger partial charge >= 0.3 is 0 Å². The highest BCUT2D eigenvalue weighted by atomic mass is 16.5. The molecule has 0 heterocycles. The number of rotatable bonds is 10. The van der Waals surface area contributed by atoms with Gasteiger partial charge in [-0.15, -0.1) is 0 Å². The molecule has 0 aliphatic heterocycles. The molecule has 4 rings (SSSR count). The normalized spacial score (nSPS) is 10.4. The van der Waals surface area contributed by atoms with E-state index in [4.69, 9.17) is 19.7 Å². The van der Waals surface area contributed by atoms with Crippen LogP contribution in [0.5, 0.6) is 17.2 Å². The Morgan fingerprint density at radius 2 is 0.906 bits per heavy atom. The van der Waals surface area contributed by atoms with Gasteiger partial charge in [-0.3, -0.25) is 0 Å². The molecule has 4 aromatic rings. The lowest BCUT2D eigenvalue weighted by Gasteiger charge is -2.16. The quantitative estimate of drug-likeness (QED) is 0.277. The van der Waals surface area contributed by atoms with Gasteiger partial charge in [0.1, 0.15) is 25.6 Å². The fourth-order valence-corrected chi connectivity index (χ4v) is 3.18. The maximum Gasteiger partial charge on any atom is 0.169 e. The van der Waals surface area contributed by atoms with Crippen molar-refractivity contribution in [1.29, 1.82) is 5.53 Å². The zero-order valence-electron chi connectivity index (χ0n) is 17.6. The summed E-state index contributed by atoms with van der Waals surface area (Å²) in [6.07, 6.45) is 0. The van der Waals surface area contributed by atoms with Crippen molar-refractivity contribution in [3.05, 3.63) is 120 Å². The molecule has 0 fully saturated rings. The van der Waals surface area contributed by atoms with E-state index in [1.807, 2.05) is 91.0 Å². The summed E-state index contributed by atoms with van der Waals surface area (Å²) < 4.78 is 18.1. The Labute approximate surface area is 187 Å². The molecule has 0 radical (unpaired) electrons. The minimum Gasteiger partial charge on any atom is -0.489 e. The summed E-state index contributed by atoms with van der Waals surface area (Å²) >= 11 is 0. The fraction of sp³-hybridized carbons (Fsp3) is 0.111. The second-order valence-electron chi connectivity index (χ2n) is 7.20. The highest BCUT2D eigenvalue weighted by Gasteiger charge is 2.15. The molecular weight excluding hydrogens is 400 g/mol. The lowest BCUT2D eigenvalue weighted by atomic mass is 10.2. The van der Waals surface area contributed by atoms with Crippen LogP contribution in [-0.4, -0.2) is 0 Å². The van der Waals surface area contributed by atoms with E-state index in [0.717, 1.165) is 16.7 Å². The van der Waals surface area contributed by atoms with E-state index < -0.39 is 0 Å². The first-order chi connectivity index (χ1) is 15.8. The number of benzene rings is 4. The van der Waals surface area contributed by atoms with E-state index in [1.165, 1.54) is 0 Å². The molecule has 0 amide bonds. The van der Waals surface area contributed by atoms with Crippen LogP contribution < -0.4 is 14.2 Å². The molecular formula is C27H24N2O3. The van der Waals surface area contributed by atoms with Gasteiger partial charge in [-0.2, -0.15) is 5.11 Å². The molecule has 5 nitrogen and oxygen atoms in total. The van der Waals surface area contributed by atoms with Crippen LogP contribution in [0, 0.1) is 5.53 Å². The third-order valence-electron chi connectivity index (χ3n) is 4.85. The molecule has 1 N–H and O–H groups in total. The summed E-state index contributed by atoms with van der Waals surface area (Å²) in [5.41, 5.74) is 11.2. The van der Waals surface area contributed by atoms with Gasteiger partial charge in [0.2, 0.25) is 0 Å².